The van der Waals surface area contributed by atoms with Crippen LogP contribution in [0.1, 0.15) is 17.5 Å². The highest BCUT2D eigenvalue weighted by Crippen LogP contribution is 2.29. The molecule has 100 valence electrons. The molecule has 1 heterocycles. The number of thioether (sulfide) groups is 1. The minimum Gasteiger partial charge on any atom is -0.481 e. The van der Waals surface area contributed by atoms with Crippen LogP contribution in [0.25, 0.3) is 10.6 Å². The van der Waals surface area contributed by atoms with Crippen LogP contribution in [0.15, 0.2) is 29.2 Å². The van der Waals surface area contributed by atoms with E-state index in [0.717, 1.165) is 26.9 Å². The third-order valence-electron chi connectivity index (χ3n) is 2.62. The van der Waals surface area contributed by atoms with Gasteiger partial charge in [0.1, 0.15) is 5.01 Å². The van der Waals surface area contributed by atoms with Gasteiger partial charge in [-0.05, 0) is 24.8 Å². The molecule has 2 aromatic rings. The molecule has 0 unspecified atom stereocenters. The van der Waals surface area contributed by atoms with Gasteiger partial charge < -0.3 is 5.11 Å². The van der Waals surface area contributed by atoms with Gasteiger partial charge in [0.2, 0.25) is 0 Å². The third-order valence-corrected chi connectivity index (χ3v) is 4.72. The maximum Gasteiger partial charge on any atom is 0.308 e. The first-order valence-electron chi connectivity index (χ1n) is 6.01. The molecule has 0 radical (unpaired) electrons. The molecule has 0 aliphatic heterocycles. The van der Waals surface area contributed by atoms with Crippen molar-refractivity contribution in [2.75, 3.05) is 5.75 Å². The number of carbonyl (C=O) groups is 1. The van der Waals surface area contributed by atoms with Gasteiger partial charge >= 0.3 is 5.97 Å². The van der Waals surface area contributed by atoms with Gasteiger partial charge in [-0.15, -0.1) is 23.1 Å². The van der Waals surface area contributed by atoms with Crippen LogP contribution in [0.2, 0.25) is 0 Å². The zero-order valence-electron chi connectivity index (χ0n) is 10.8. The molecule has 3 nitrogen and oxygen atoms in total. The van der Waals surface area contributed by atoms with Gasteiger partial charge in [-0.25, -0.2) is 4.98 Å². The van der Waals surface area contributed by atoms with Crippen molar-refractivity contribution in [3.05, 3.63) is 34.8 Å². The van der Waals surface area contributed by atoms with E-state index in [9.17, 15) is 4.79 Å². The van der Waals surface area contributed by atoms with Crippen molar-refractivity contribution < 1.29 is 9.90 Å². The molecule has 2 rings (SSSR count). The van der Waals surface area contributed by atoms with E-state index in [1.54, 1.807) is 11.8 Å². The zero-order valence-corrected chi connectivity index (χ0v) is 12.5. The van der Waals surface area contributed by atoms with Crippen molar-refractivity contribution in [2.24, 2.45) is 0 Å². The molecule has 0 bridgehead atoms. The minimum absolute atomic E-state index is 0.0489. The van der Waals surface area contributed by atoms with E-state index in [1.807, 2.05) is 19.1 Å². The lowest BCUT2D eigenvalue weighted by atomic mass is 10.2. The quantitative estimate of drug-likeness (QED) is 0.851. The number of carboxylic acids is 1. The Morgan fingerprint density at radius 3 is 2.63 bits per heavy atom. The number of rotatable bonds is 5. The highest BCUT2D eigenvalue weighted by molar-refractivity contribution is 7.99. The average Bonchev–Trinajstić information content (AvgIpc) is 2.71. The van der Waals surface area contributed by atoms with Crippen LogP contribution in [0.4, 0.5) is 0 Å². The molecule has 0 atom stereocenters. The molecule has 0 fully saturated rings. The van der Waals surface area contributed by atoms with Crippen molar-refractivity contribution in [1.29, 1.82) is 0 Å². The SMILES string of the molecule is CCSc1ccc(-c2nc(C)c(CC(=O)O)s2)cc1. The van der Waals surface area contributed by atoms with E-state index < -0.39 is 5.97 Å². The fraction of sp³-hybridized carbons (Fsp3) is 0.286. The molecule has 0 saturated carbocycles. The summed E-state index contributed by atoms with van der Waals surface area (Å²) in [6.45, 7) is 3.99. The summed E-state index contributed by atoms with van der Waals surface area (Å²) in [5.74, 6) is 0.242. The lowest BCUT2D eigenvalue weighted by Crippen LogP contribution is -1.99. The van der Waals surface area contributed by atoms with Crippen molar-refractivity contribution in [1.82, 2.24) is 4.98 Å². The molecular formula is C14H15NO2S2. The van der Waals surface area contributed by atoms with Gasteiger partial charge in [-0.2, -0.15) is 0 Å². The molecular weight excluding hydrogens is 278 g/mol. The molecule has 0 aliphatic carbocycles. The summed E-state index contributed by atoms with van der Waals surface area (Å²) in [5, 5.41) is 9.73. The van der Waals surface area contributed by atoms with Crippen LogP contribution in [0.3, 0.4) is 0 Å². The van der Waals surface area contributed by atoms with Crippen molar-refractivity contribution in [3.63, 3.8) is 0 Å². The smallest absolute Gasteiger partial charge is 0.308 e. The summed E-state index contributed by atoms with van der Waals surface area (Å²) in [6.07, 6.45) is 0.0489. The third kappa shape index (κ3) is 3.58. The molecule has 1 aromatic heterocycles. The predicted molar refractivity (Wildman–Crippen MR) is 80.0 cm³/mol. The number of nitrogens with zero attached hydrogens (tertiary/aromatic N) is 1. The molecule has 0 saturated heterocycles. The Hall–Kier alpha value is -1.33. The first kappa shape index (κ1) is 14.1. The molecule has 19 heavy (non-hydrogen) atoms. The van der Waals surface area contributed by atoms with Gasteiger partial charge in [0.25, 0.3) is 0 Å². The van der Waals surface area contributed by atoms with Crippen molar-refractivity contribution in [2.45, 2.75) is 25.2 Å². The topological polar surface area (TPSA) is 50.2 Å². The number of aryl methyl sites for hydroxylation is 1. The number of hydrogen-bond acceptors (Lipinski definition) is 4. The monoisotopic (exact) mass is 293 g/mol. The molecule has 1 N–H and O–H groups in total. The Bertz CT molecular complexity index is 576. The van der Waals surface area contributed by atoms with Crippen LogP contribution in [0.5, 0.6) is 0 Å². The largest absolute Gasteiger partial charge is 0.481 e. The summed E-state index contributed by atoms with van der Waals surface area (Å²) in [5.41, 5.74) is 1.86. The number of benzene rings is 1. The van der Waals surface area contributed by atoms with Crippen molar-refractivity contribution in [3.8, 4) is 10.6 Å². The van der Waals surface area contributed by atoms with Crippen LogP contribution < -0.4 is 0 Å². The second-order valence-electron chi connectivity index (χ2n) is 4.06. The second-order valence-corrected chi connectivity index (χ2v) is 6.48. The van der Waals surface area contributed by atoms with E-state index in [4.69, 9.17) is 5.11 Å². The standard InChI is InChI=1S/C14H15NO2S2/c1-3-18-11-6-4-10(5-7-11)14-15-9(2)12(19-14)8-13(16)17/h4-7H,3,8H2,1-2H3,(H,16,17). The molecule has 0 aliphatic rings. The molecule has 1 aromatic carbocycles. The number of carboxylic acid groups (broad SMARTS) is 1. The number of hydrogen-bond donors (Lipinski definition) is 1. The Morgan fingerprint density at radius 1 is 1.37 bits per heavy atom. The van der Waals surface area contributed by atoms with Gasteiger partial charge in [-0.1, -0.05) is 19.1 Å². The first-order valence-corrected chi connectivity index (χ1v) is 7.81. The number of aliphatic carboxylic acids is 1. The normalized spacial score (nSPS) is 10.6. The summed E-state index contributed by atoms with van der Waals surface area (Å²) in [6, 6.07) is 8.25. The predicted octanol–water partition coefficient (Wildman–Crippen LogP) is 3.86. The first-order chi connectivity index (χ1) is 9.10. The van der Waals surface area contributed by atoms with Crippen LogP contribution >= 0.6 is 23.1 Å². The summed E-state index contributed by atoms with van der Waals surface area (Å²) >= 11 is 3.26. The van der Waals surface area contributed by atoms with Gasteiger partial charge in [-0.3, -0.25) is 4.79 Å². The van der Waals surface area contributed by atoms with Gasteiger partial charge in [0.15, 0.2) is 0 Å². The van der Waals surface area contributed by atoms with Crippen LogP contribution in [-0.2, 0) is 11.2 Å². The van der Waals surface area contributed by atoms with Gasteiger partial charge in [0.05, 0.1) is 12.1 Å². The van der Waals surface area contributed by atoms with Crippen LogP contribution in [-0.4, -0.2) is 21.8 Å². The van der Waals surface area contributed by atoms with Crippen LogP contribution in [0, 0.1) is 6.92 Å². The van der Waals surface area contributed by atoms with E-state index >= 15 is 0 Å². The maximum atomic E-state index is 10.8. The summed E-state index contributed by atoms with van der Waals surface area (Å²) in [4.78, 5) is 17.3. The average molecular weight is 293 g/mol. The van der Waals surface area contributed by atoms with Crippen molar-refractivity contribution >= 4 is 29.1 Å². The van der Waals surface area contributed by atoms with E-state index in [-0.39, 0.29) is 6.42 Å². The fourth-order valence-corrected chi connectivity index (χ4v) is 3.43. The second kappa shape index (κ2) is 6.21. The fourth-order valence-electron chi connectivity index (χ4n) is 1.71. The van der Waals surface area contributed by atoms with E-state index in [0.29, 0.717) is 0 Å². The molecule has 5 heteroatoms. The van der Waals surface area contributed by atoms with Gasteiger partial charge in [0, 0.05) is 15.3 Å². The van der Waals surface area contributed by atoms with E-state index in [1.165, 1.54) is 16.2 Å². The minimum atomic E-state index is -0.812. The van der Waals surface area contributed by atoms with E-state index in [2.05, 4.69) is 24.0 Å². The summed E-state index contributed by atoms with van der Waals surface area (Å²) < 4.78 is 0. The molecule has 0 spiro atoms. The summed E-state index contributed by atoms with van der Waals surface area (Å²) in [7, 11) is 0. The zero-order chi connectivity index (χ0) is 13.8. The Morgan fingerprint density at radius 2 is 2.05 bits per heavy atom. The highest BCUT2D eigenvalue weighted by Gasteiger charge is 2.12. The highest BCUT2D eigenvalue weighted by atomic mass is 32.2. The Labute approximate surface area is 120 Å². The number of thiazole rings is 1. The lowest BCUT2D eigenvalue weighted by Gasteiger charge is -1.99. The number of aromatic nitrogens is 1. The maximum absolute atomic E-state index is 10.8. The lowest BCUT2D eigenvalue weighted by molar-refractivity contribution is -0.136. The Kier molecular flexibility index (Phi) is 4.61. The Balaban J connectivity index is 2.24. The molecule has 0 amide bonds.